The van der Waals surface area contributed by atoms with Gasteiger partial charge in [0.25, 0.3) is 0 Å². The van der Waals surface area contributed by atoms with Crippen LogP contribution in [0, 0.1) is 0 Å². The van der Waals surface area contributed by atoms with Crippen molar-refractivity contribution < 1.29 is 19.0 Å². The van der Waals surface area contributed by atoms with Crippen LogP contribution in [-0.4, -0.2) is 37.4 Å². The maximum absolute atomic E-state index is 11.8. The second-order valence-corrected chi connectivity index (χ2v) is 9.01. The molecule has 0 fully saturated rings. The van der Waals surface area contributed by atoms with Crippen LogP contribution in [-0.2, 0) is 19.0 Å². The van der Waals surface area contributed by atoms with Crippen LogP contribution in [0.1, 0.15) is 123 Å². The minimum atomic E-state index is -0.252. The van der Waals surface area contributed by atoms with Crippen LogP contribution >= 0.6 is 15.9 Å². The molecule has 30 heavy (non-hydrogen) atoms. The molecule has 0 unspecified atom stereocenters. The summed E-state index contributed by atoms with van der Waals surface area (Å²) in [6, 6.07) is 0. The Bertz CT molecular complexity index is 334. The molecule has 0 rings (SSSR count). The van der Waals surface area contributed by atoms with Crippen LogP contribution < -0.4 is 0 Å². The van der Waals surface area contributed by atoms with Gasteiger partial charge in [-0.1, -0.05) is 100 Å². The Morgan fingerprint density at radius 2 is 1.17 bits per heavy atom. The average Bonchev–Trinajstić information content (AvgIpc) is 2.75. The Morgan fingerprint density at radius 1 is 0.667 bits per heavy atom. The zero-order valence-corrected chi connectivity index (χ0v) is 21.5. The van der Waals surface area contributed by atoms with Crippen molar-refractivity contribution in [3.63, 3.8) is 0 Å². The Morgan fingerprint density at radius 3 is 1.70 bits per heavy atom. The number of unbranched alkanes of at least 4 members (excludes halogenated alkanes) is 12. The highest BCUT2D eigenvalue weighted by atomic mass is 79.9. The molecule has 0 radical (unpaired) electrons. The predicted molar refractivity (Wildman–Crippen MR) is 130 cm³/mol. The Balaban J connectivity index is 3.97. The van der Waals surface area contributed by atoms with Crippen molar-refractivity contribution in [3.8, 4) is 0 Å². The number of halogens is 1. The second-order valence-electron chi connectivity index (χ2n) is 8.22. The topological polar surface area (TPSA) is 44.8 Å². The van der Waals surface area contributed by atoms with Gasteiger partial charge in [-0.3, -0.25) is 4.79 Å². The van der Waals surface area contributed by atoms with E-state index in [1.807, 2.05) is 0 Å². The molecule has 0 saturated carbocycles. The summed E-state index contributed by atoms with van der Waals surface area (Å²) in [5.41, 5.74) is 0. The van der Waals surface area contributed by atoms with Gasteiger partial charge in [0.1, 0.15) is 0 Å². The number of rotatable bonds is 24. The summed E-state index contributed by atoms with van der Waals surface area (Å²) in [5.74, 6) is -0.102. The summed E-state index contributed by atoms with van der Waals surface area (Å²) in [6.45, 7) is 6.33. The van der Waals surface area contributed by atoms with Gasteiger partial charge >= 0.3 is 5.97 Å². The van der Waals surface area contributed by atoms with Crippen LogP contribution in [0.15, 0.2) is 0 Å². The van der Waals surface area contributed by atoms with E-state index in [9.17, 15) is 4.79 Å². The summed E-state index contributed by atoms with van der Waals surface area (Å²) in [4.78, 5) is 11.8. The fourth-order valence-corrected chi connectivity index (χ4v) is 3.69. The smallest absolute Gasteiger partial charge is 0.305 e. The second kappa shape index (κ2) is 25.1. The van der Waals surface area contributed by atoms with E-state index in [0.29, 0.717) is 19.4 Å². The van der Waals surface area contributed by atoms with Gasteiger partial charge in [-0.2, -0.15) is 0 Å². The molecule has 0 spiro atoms. The number of esters is 1. The third-order valence-electron chi connectivity index (χ3n) is 5.23. The van der Waals surface area contributed by atoms with Gasteiger partial charge in [-0.25, -0.2) is 0 Å². The molecule has 0 aliphatic rings. The van der Waals surface area contributed by atoms with Gasteiger partial charge in [0, 0.05) is 31.4 Å². The van der Waals surface area contributed by atoms with Gasteiger partial charge < -0.3 is 14.2 Å². The van der Waals surface area contributed by atoms with E-state index in [0.717, 1.165) is 50.6 Å². The minimum absolute atomic E-state index is 0.102. The standard InChI is InChI=1S/C25H49BrO4/c1-3-5-7-9-11-16-21-29-25(30-22-17-12-10-8-6-4-2)19-23-28-24(27)18-14-13-15-20-26/h25H,3-23H2,1-2H3. The third kappa shape index (κ3) is 22.6. The Labute approximate surface area is 195 Å². The molecule has 180 valence electrons. The monoisotopic (exact) mass is 492 g/mol. The lowest BCUT2D eigenvalue weighted by Gasteiger charge is -2.19. The summed E-state index contributed by atoms with van der Waals surface area (Å²) in [7, 11) is 0. The van der Waals surface area contributed by atoms with Gasteiger partial charge in [0.15, 0.2) is 6.29 Å². The van der Waals surface area contributed by atoms with E-state index in [1.54, 1.807) is 0 Å². The highest BCUT2D eigenvalue weighted by molar-refractivity contribution is 9.09. The molecule has 0 aromatic carbocycles. The largest absolute Gasteiger partial charge is 0.465 e. The van der Waals surface area contributed by atoms with Crippen LogP contribution in [0.5, 0.6) is 0 Å². The van der Waals surface area contributed by atoms with E-state index in [1.165, 1.54) is 64.2 Å². The van der Waals surface area contributed by atoms with Crippen molar-refractivity contribution in [2.24, 2.45) is 0 Å². The summed E-state index contributed by atoms with van der Waals surface area (Å²) >= 11 is 3.41. The Kier molecular flexibility index (Phi) is 25.0. The minimum Gasteiger partial charge on any atom is -0.465 e. The van der Waals surface area contributed by atoms with Crippen molar-refractivity contribution in [3.05, 3.63) is 0 Å². The number of carbonyl (C=O) groups is 1. The van der Waals surface area contributed by atoms with Gasteiger partial charge in [0.05, 0.1) is 6.61 Å². The van der Waals surface area contributed by atoms with Crippen LogP contribution in [0.3, 0.4) is 0 Å². The highest BCUT2D eigenvalue weighted by Gasteiger charge is 2.11. The van der Waals surface area contributed by atoms with E-state index < -0.39 is 0 Å². The molecule has 0 aromatic heterocycles. The maximum atomic E-state index is 11.8. The van der Waals surface area contributed by atoms with E-state index in [2.05, 4.69) is 29.8 Å². The quantitative estimate of drug-likeness (QED) is 0.0592. The van der Waals surface area contributed by atoms with Crippen molar-refractivity contribution >= 4 is 21.9 Å². The maximum Gasteiger partial charge on any atom is 0.305 e. The molecule has 0 heterocycles. The molecule has 0 aliphatic carbocycles. The van der Waals surface area contributed by atoms with Crippen LogP contribution in [0.4, 0.5) is 0 Å². The first kappa shape index (κ1) is 29.9. The molecule has 5 heteroatoms. The predicted octanol–water partition coefficient (Wildman–Crippen LogP) is 7.96. The highest BCUT2D eigenvalue weighted by Crippen LogP contribution is 2.11. The van der Waals surface area contributed by atoms with Crippen LogP contribution in [0.2, 0.25) is 0 Å². The molecule has 4 nitrogen and oxygen atoms in total. The molecule has 0 saturated heterocycles. The fraction of sp³-hybridized carbons (Fsp3) is 0.960. The lowest BCUT2D eigenvalue weighted by molar-refractivity contribution is -0.161. The zero-order chi connectivity index (χ0) is 22.1. The fourth-order valence-electron chi connectivity index (χ4n) is 3.29. The summed E-state index contributed by atoms with van der Waals surface area (Å²) in [6.07, 6.45) is 18.9. The SMILES string of the molecule is CCCCCCCCOC(CCOC(=O)CCCCCBr)OCCCCCCCC. The van der Waals surface area contributed by atoms with Crippen molar-refractivity contribution in [2.75, 3.05) is 25.2 Å². The lowest BCUT2D eigenvalue weighted by Crippen LogP contribution is -2.22. The third-order valence-corrected chi connectivity index (χ3v) is 5.80. The van der Waals surface area contributed by atoms with Gasteiger partial charge in [0.2, 0.25) is 0 Å². The number of hydrogen-bond acceptors (Lipinski definition) is 4. The van der Waals surface area contributed by atoms with Crippen LogP contribution in [0.25, 0.3) is 0 Å². The molecule has 0 aromatic rings. The molecule has 0 N–H and O–H groups in total. The molecule has 0 aliphatic heterocycles. The molecular formula is C25H49BrO4. The van der Waals surface area contributed by atoms with Gasteiger partial charge in [-0.15, -0.1) is 0 Å². The molecule has 0 bridgehead atoms. The van der Waals surface area contributed by atoms with E-state index in [-0.39, 0.29) is 12.3 Å². The number of alkyl halides is 1. The molecule has 0 amide bonds. The summed E-state index contributed by atoms with van der Waals surface area (Å²) < 4.78 is 17.3. The lowest BCUT2D eigenvalue weighted by atomic mass is 10.1. The van der Waals surface area contributed by atoms with E-state index >= 15 is 0 Å². The zero-order valence-electron chi connectivity index (χ0n) is 19.9. The first-order chi connectivity index (χ1) is 14.7. The number of carbonyl (C=O) groups excluding carboxylic acids is 1. The Hall–Kier alpha value is -0.130. The number of hydrogen-bond donors (Lipinski definition) is 0. The average molecular weight is 494 g/mol. The van der Waals surface area contributed by atoms with Gasteiger partial charge in [-0.05, 0) is 25.7 Å². The number of ether oxygens (including phenoxy) is 3. The summed E-state index contributed by atoms with van der Waals surface area (Å²) in [5, 5.41) is 0.996. The van der Waals surface area contributed by atoms with Crippen molar-refractivity contribution in [2.45, 2.75) is 129 Å². The first-order valence-electron chi connectivity index (χ1n) is 12.7. The van der Waals surface area contributed by atoms with Crippen molar-refractivity contribution in [1.29, 1.82) is 0 Å². The first-order valence-corrected chi connectivity index (χ1v) is 13.8. The van der Waals surface area contributed by atoms with Crippen molar-refractivity contribution in [1.82, 2.24) is 0 Å². The normalized spacial score (nSPS) is 11.3. The van der Waals surface area contributed by atoms with E-state index in [4.69, 9.17) is 14.2 Å². The molecular weight excluding hydrogens is 444 g/mol. The molecule has 0 atom stereocenters.